The predicted molar refractivity (Wildman–Crippen MR) is 97.2 cm³/mol. The van der Waals surface area contributed by atoms with E-state index in [4.69, 9.17) is 14.2 Å². The second-order valence-electron chi connectivity index (χ2n) is 6.01. The molecule has 4 rings (SSSR count). The minimum absolute atomic E-state index is 0.198. The monoisotopic (exact) mass is 440 g/mol. The Morgan fingerprint density at radius 1 is 1.15 bits per heavy atom. The van der Waals surface area contributed by atoms with Gasteiger partial charge in [-0.2, -0.15) is 4.31 Å². The summed E-state index contributed by atoms with van der Waals surface area (Å²) in [6.07, 6.45) is 2.03. The van der Waals surface area contributed by atoms with Crippen molar-refractivity contribution in [2.45, 2.75) is 17.4 Å². The van der Waals surface area contributed by atoms with Gasteiger partial charge in [0.2, 0.25) is 15.9 Å². The van der Waals surface area contributed by atoms with Crippen molar-refractivity contribution < 1.29 is 22.6 Å². The Labute approximate surface area is 160 Å². The highest BCUT2D eigenvalue weighted by atomic mass is 79.9. The maximum atomic E-state index is 12.9. The molecule has 1 unspecified atom stereocenters. The molecule has 1 aromatic carbocycles. The highest BCUT2D eigenvalue weighted by Gasteiger charge is 2.34. The number of hydrogen-bond acceptors (Lipinski definition) is 6. The number of ether oxygens (including phenoxy) is 3. The first-order valence-corrected chi connectivity index (χ1v) is 10.4. The van der Waals surface area contributed by atoms with Gasteiger partial charge in [0.1, 0.15) is 19.3 Å². The van der Waals surface area contributed by atoms with E-state index >= 15 is 0 Å². The van der Waals surface area contributed by atoms with E-state index in [2.05, 4.69) is 20.9 Å². The lowest BCUT2D eigenvalue weighted by atomic mass is 10.3. The number of halogens is 1. The van der Waals surface area contributed by atoms with Crippen LogP contribution in [0.4, 0.5) is 0 Å². The van der Waals surface area contributed by atoms with Crippen LogP contribution in [0.5, 0.6) is 17.4 Å². The molecule has 0 N–H and O–H groups in total. The van der Waals surface area contributed by atoms with Gasteiger partial charge in [-0.1, -0.05) is 0 Å². The molecule has 0 bridgehead atoms. The van der Waals surface area contributed by atoms with Crippen LogP contribution in [0.25, 0.3) is 0 Å². The highest BCUT2D eigenvalue weighted by molar-refractivity contribution is 9.10. The van der Waals surface area contributed by atoms with Crippen molar-refractivity contribution in [1.82, 2.24) is 9.29 Å². The predicted octanol–water partition coefficient (Wildman–Crippen LogP) is 2.46. The van der Waals surface area contributed by atoms with Gasteiger partial charge in [0.15, 0.2) is 11.5 Å². The lowest BCUT2D eigenvalue weighted by Crippen LogP contribution is -2.31. The van der Waals surface area contributed by atoms with Crippen molar-refractivity contribution >= 4 is 26.0 Å². The SMILES string of the molecule is O=S(=O)(c1ccc2c(c1)OCCO2)N1CCC(Oc2ccc(Br)cn2)C1. The summed E-state index contributed by atoms with van der Waals surface area (Å²) in [5, 5.41) is 0. The zero-order valence-electron chi connectivity index (χ0n) is 13.8. The molecule has 2 aliphatic rings. The molecule has 1 fully saturated rings. The van der Waals surface area contributed by atoms with Crippen molar-refractivity contribution in [2.75, 3.05) is 26.3 Å². The standard InChI is InChI=1S/C17H17BrN2O5S/c18-12-1-4-17(19-10-12)25-13-5-6-20(11-13)26(21,22)14-2-3-15-16(9-14)24-8-7-23-15/h1-4,9-10,13H,5-8,11H2. The summed E-state index contributed by atoms with van der Waals surface area (Å²) in [5.74, 6) is 1.51. The highest BCUT2D eigenvalue weighted by Crippen LogP contribution is 2.34. The molecule has 1 aromatic heterocycles. The molecule has 26 heavy (non-hydrogen) atoms. The molecule has 0 spiro atoms. The molecule has 7 nitrogen and oxygen atoms in total. The fraction of sp³-hybridized carbons (Fsp3) is 0.353. The van der Waals surface area contributed by atoms with Gasteiger partial charge in [0, 0.05) is 29.3 Å². The molecule has 0 saturated carbocycles. The first-order valence-electron chi connectivity index (χ1n) is 8.20. The summed E-state index contributed by atoms with van der Waals surface area (Å²) >= 11 is 3.32. The van der Waals surface area contributed by atoms with Crippen LogP contribution in [-0.2, 0) is 10.0 Å². The molecule has 138 valence electrons. The van der Waals surface area contributed by atoms with Gasteiger partial charge < -0.3 is 14.2 Å². The second-order valence-corrected chi connectivity index (χ2v) is 8.87. The first kappa shape index (κ1) is 17.6. The molecule has 2 aromatic rings. The molecule has 0 aliphatic carbocycles. The number of benzene rings is 1. The van der Waals surface area contributed by atoms with Gasteiger partial charge in [-0.3, -0.25) is 0 Å². The quantitative estimate of drug-likeness (QED) is 0.726. The lowest BCUT2D eigenvalue weighted by molar-refractivity contribution is 0.171. The van der Waals surface area contributed by atoms with Crippen LogP contribution in [0.15, 0.2) is 45.9 Å². The summed E-state index contributed by atoms with van der Waals surface area (Å²) in [5.41, 5.74) is 0. The Morgan fingerprint density at radius 3 is 2.73 bits per heavy atom. The molecule has 3 heterocycles. The average Bonchev–Trinajstić information content (AvgIpc) is 3.12. The molecular formula is C17H17BrN2O5S. The van der Waals surface area contributed by atoms with E-state index in [-0.39, 0.29) is 17.5 Å². The van der Waals surface area contributed by atoms with E-state index in [0.717, 1.165) is 4.47 Å². The van der Waals surface area contributed by atoms with Crippen LogP contribution in [0.1, 0.15) is 6.42 Å². The summed E-state index contributed by atoms with van der Waals surface area (Å²) in [7, 11) is -3.61. The third kappa shape index (κ3) is 3.51. The van der Waals surface area contributed by atoms with E-state index < -0.39 is 10.0 Å². The van der Waals surface area contributed by atoms with Crippen LogP contribution in [-0.4, -0.2) is 50.1 Å². The van der Waals surface area contributed by atoms with E-state index in [1.54, 1.807) is 24.4 Å². The summed E-state index contributed by atoms with van der Waals surface area (Å²) in [6, 6.07) is 8.29. The normalized spacial score (nSPS) is 20.1. The van der Waals surface area contributed by atoms with Crippen LogP contribution >= 0.6 is 15.9 Å². The summed E-state index contributed by atoms with van der Waals surface area (Å²) < 4.78 is 44.9. The van der Waals surface area contributed by atoms with E-state index in [0.29, 0.717) is 43.6 Å². The largest absolute Gasteiger partial charge is 0.486 e. The third-order valence-electron chi connectivity index (χ3n) is 4.25. The Balaban J connectivity index is 1.48. The van der Waals surface area contributed by atoms with Crippen LogP contribution in [0.3, 0.4) is 0 Å². The number of sulfonamides is 1. The van der Waals surface area contributed by atoms with Crippen LogP contribution in [0.2, 0.25) is 0 Å². The number of aromatic nitrogens is 1. The smallest absolute Gasteiger partial charge is 0.243 e. The number of pyridine rings is 1. The van der Waals surface area contributed by atoms with Crippen molar-refractivity contribution in [3.05, 3.63) is 41.0 Å². The fourth-order valence-electron chi connectivity index (χ4n) is 2.95. The minimum atomic E-state index is -3.61. The van der Waals surface area contributed by atoms with Gasteiger partial charge >= 0.3 is 0 Å². The molecule has 2 aliphatic heterocycles. The summed E-state index contributed by atoms with van der Waals surface area (Å²) in [4.78, 5) is 4.37. The summed E-state index contributed by atoms with van der Waals surface area (Å²) in [6.45, 7) is 1.57. The van der Waals surface area contributed by atoms with Gasteiger partial charge in [-0.25, -0.2) is 13.4 Å². The Morgan fingerprint density at radius 2 is 1.96 bits per heavy atom. The third-order valence-corrected chi connectivity index (χ3v) is 6.58. The molecule has 9 heteroatoms. The zero-order valence-corrected chi connectivity index (χ0v) is 16.2. The number of fused-ring (bicyclic) bond motifs is 1. The van der Waals surface area contributed by atoms with Crippen molar-refractivity contribution in [3.63, 3.8) is 0 Å². The maximum absolute atomic E-state index is 12.9. The number of rotatable bonds is 4. The molecule has 0 radical (unpaired) electrons. The molecule has 0 amide bonds. The van der Waals surface area contributed by atoms with E-state index in [1.807, 2.05) is 6.07 Å². The van der Waals surface area contributed by atoms with Crippen molar-refractivity contribution in [1.29, 1.82) is 0 Å². The van der Waals surface area contributed by atoms with Crippen molar-refractivity contribution in [2.24, 2.45) is 0 Å². The fourth-order valence-corrected chi connectivity index (χ4v) is 4.69. The molecular weight excluding hydrogens is 424 g/mol. The van der Waals surface area contributed by atoms with Crippen LogP contribution < -0.4 is 14.2 Å². The van der Waals surface area contributed by atoms with E-state index in [1.165, 1.54) is 10.4 Å². The van der Waals surface area contributed by atoms with Gasteiger partial charge in [-0.15, -0.1) is 0 Å². The Bertz CT molecular complexity index is 904. The van der Waals surface area contributed by atoms with Gasteiger partial charge in [0.05, 0.1) is 11.4 Å². The zero-order chi connectivity index (χ0) is 18.1. The minimum Gasteiger partial charge on any atom is -0.486 e. The Hall–Kier alpha value is -1.84. The van der Waals surface area contributed by atoms with Gasteiger partial charge in [-0.05, 0) is 40.5 Å². The topological polar surface area (TPSA) is 78.0 Å². The lowest BCUT2D eigenvalue weighted by Gasteiger charge is -2.21. The first-order chi connectivity index (χ1) is 12.5. The van der Waals surface area contributed by atoms with E-state index in [9.17, 15) is 8.42 Å². The second kappa shape index (κ2) is 7.05. The molecule has 1 atom stereocenters. The van der Waals surface area contributed by atoms with Crippen molar-refractivity contribution in [3.8, 4) is 17.4 Å². The maximum Gasteiger partial charge on any atom is 0.243 e. The average molecular weight is 441 g/mol. The number of hydrogen-bond donors (Lipinski definition) is 0. The van der Waals surface area contributed by atoms with Gasteiger partial charge in [0.25, 0.3) is 0 Å². The number of nitrogens with zero attached hydrogens (tertiary/aromatic N) is 2. The van der Waals surface area contributed by atoms with Crippen LogP contribution in [0, 0.1) is 0 Å². The molecule has 1 saturated heterocycles. The Kier molecular flexibility index (Phi) is 4.76.